The van der Waals surface area contributed by atoms with E-state index in [4.69, 9.17) is 9.84 Å². The Kier molecular flexibility index (Phi) is 3.62. The fourth-order valence-corrected chi connectivity index (χ4v) is 3.16. The lowest BCUT2D eigenvalue weighted by atomic mass is 10.2. The van der Waals surface area contributed by atoms with E-state index in [0.717, 1.165) is 21.2 Å². The highest BCUT2D eigenvalue weighted by Crippen LogP contribution is 2.47. The third kappa shape index (κ3) is 2.26. The highest BCUT2D eigenvalue weighted by atomic mass is 32.2. The molecule has 0 saturated heterocycles. The quantitative estimate of drug-likeness (QED) is 0.919. The molecule has 5 heteroatoms. The van der Waals surface area contributed by atoms with Crippen LogP contribution in [0, 0.1) is 0 Å². The summed E-state index contributed by atoms with van der Waals surface area (Å²) < 4.78 is 5.07. The normalized spacial score (nSPS) is 12.6. The zero-order valence-corrected chi connectivity index (χ0v) is 11.5. The minimum absolute atomic E-state index is 0.00713. The number of hydrogen-bond acceptors (Lipinski definition) is 4. The second-order valence-electron chi connectivity index (χ2n) is 4.21. The van der Waals surface area contributed by atoms with Crippen molar-refractivity contribution in [2.24, 2.45) is 0 Å². The molecule has 0 aliphatic carbocycles. The molecule has 1 aliphatic heterocycles. The summed E-state index contributed by atoms with van der Waals surface area (Å²) in [6, 6.07) is 15.4. The molecular weight excluding hydrogens is 274 g/mol. The largest absolute Gasteiger partial charge is 0.446 e. The number of rotatable bonds is 2. The van der Waals surface area contributed by atoms with Gasteiger partial charge in [0.15, 0.2) is 0 Å². The van der Waals surface area contributed by atoms with Crippen LogP contribution in [-0.2, 0) is 4.74 Å². The van der Waals surface area contributed by atoms with Crippen molar-refractivity contribution >= 4 is 29.2 Å². The average Bonchev–Trinajstić information content (AvgIpc) is 2.50. The molecule has 1 aliphatic rings. The van der Waals surface area contributed by atoms with E-state index in [9.17, 15) is 4.79 Å². The van der Waals surface area contributed by atoms with Crippen molar-refractivity contribution in [2.75, 3.05) is 18.1 Å². The third-order valence-electron chi connectivity index (χ3n) is 2.93. The molecule has 0 radical (unpaired) electrons. The van der Waals surface area contributed by atoms with Crippen molar-refractivity contribution in [1.29, 1.82) is 0 Å². The molecule has 0 aromatic heterocycles. The van der Waals surface area contributed by atoms with Crippen LogP contribution >= 0.6 is 11.8 Å². The molecule has 1 N–H and O–H groups in total. The minimum Gasteiger partial charge on any atom is -0.446 e. The first kappa shape index (κ1) is 13.0. The van der Waals surface area contributed by atoms with E-state index < -0.39 is 6.09 Å². The van der Waals surface area contributed by atoms with Gasteiger partial charge in [0.05, 0.1) is 18.0 Å². The summed E-state index contributed by atoms with van der Waals surface area (Å²) >= 11 is 1.63. The minimum atomic E-state index is -0.473. The zero-order valence-electron chi connectivity index (χ0n) is 10.7. The molecule has 0 bridgehead atoms. The third-order valence-corrected chi connectivity index (χ3v) is 4.06. The van der Waals surface area contributed by atoms with Gasteiger partial charge in [0.25, 0.3) is 0 Å². The Morgan fingerprint density at radius 3 is 2.15 bits per heavy atom. The van der Waals surface area contributed by atoms with Crippen molar-refractivity contribution in [1.82, 2.24) is 0 Å². The number of benzene rings is 2. The lowest BCUT2D eigenvalue weighted by Gasteiger charge is -2.30. The van der Waals surface area contributed by atoms with Crippen molar-refractivity contribution in [3.05, 3.63) is 48.5 Å². The van der Waals surface area contributed by atoms with Crippen LogP contribution in [-0.4, -0.2) is 24.4 Å². The number of aliphatic hydroxyl groups excluding tert-OH is 1. The lowest BCUT2D eigenvalue weighted by molar-refractivity contribution is 0.127. The van der Waals surface area contributed by atoms with Gasteiger partial charge in [-0.25, -0.2) is 9.69 Å². The number of carbonyl (C=O) groups is 1. The van der Waals surface area contributed by atoms with Crippen LogP contribution in [0.25, 0.3) is 0 Å². The van der Waals surface area contributed by atoms with Gasteiger partial charge >= 0.3 is 6.09 Å². The van der Waals surface area contributed by atoms with E-state index in [-0.39, 0.29) is 13.2 Å². The molecule has 3 rings (SSSR count). The van der Waals surface area contributed by atoms with Crippen LogP contribution in [0.2, 0.25) is 0 Å². The molecule has 102 valence electrons. The molecule has 0 spiro atoms. The zero-order chi connectivity index (χ0) is 13.9. The van der Waals surface area contributed by atoms with Crippen LogP contribution < -0.4 is 4.90 Å². The molecule has 0 fully saturated rings. The van der Waals surface area contributed by atoms with Crippen LogP contribution in [0.1, 0.15) is 0 Å². The Morgan fingerprint density at radius 1 is 1.05 bits per heavy atom. The molecule has 1 amide bonds. The monoisotopic (exact) mass is 287 g/mol. The topological polar surface area (TPSA) is 49.8 Å². The number of para-hydroxylation sites is 2. The number of ether oxygens (including phenoxy) is 1. The van der Waals surface area contributed by atoms with Crippen LogP contribution in [0.15, 0.2) is 58.3 Å². The first-order valence-corrected chi connectivity index (χ1v) is 7.06. The van der Waals surface area contributed by atoms with Crippen molar-refractivity contribution < 1.29 is 14.6 Å². The fraction of sp³-hybridized carbons (Fsp3) is 0.133. The summed E-state index contributed by atoms with van der Waals surface area (Å²) in [6.45, 7) is -0.190. The first-order valence-electron chi connectivity index (χ1n) is 6.25. The van der Waals surface area contributed by atoms with Gasteiger partial charge in [-0.2, -0.15) is 0 Å². The second-order valence-corrected chi connectivity index (χ2v) is 5.29. The highest BCUT2D eigenvalue weighted by molar-refractivity contribution is 7.99. The number of fused-ring (bicyclic) bond motifs is 2. The molecule has 20 heavy (non-hydrogen) atoms. The molecular formula is C15H13NO3S. The Balaban J connectivity index is 2.05. The number of anilines is 2. The summed E-state index contributed by atoms with van der Waals surface area (Å²) in [5.74, 6) is 0. The van der Waals surface area contributed by atoms with Gasteiger partial charge in [0.1, 0.15) is 6.61 Å². The maximum Gasteiger partial charge on any atom is 0.419 e. The van der Waals surface area contributed by atoms with E-state index in [2.05, 4.69) is 0 Å². The Hall–Kier alpha value is -1.98. The molecule has 0 atom stereocenters. The SMILES string of the molecule is O=C(OCCO)N1c2ccccc2Sc2ccccc21. The Bertz CT molecular complexity index is 599. The smallest absolute Gasteiger partial charge is 0.419 e. The van der Waals surface area contributed by atoms with E-state index in [1.807, 2.05) is 48.5 Å². The van der Waals surface area contributed by atoms with Crippen molar-refractivity contribution in [3.63, 3.8) is 0 Å². The molecule has 2 aromatic rings. The second kappa shape index (κ2) is 5.56. The van der Waals surface area contributed by atoms with E-state index in [1.165, 1.54) is 0 Å². The summed E-state index contributed by atoms with van der Waals surface area (Å²) in [5.41, 5.74) is 1.61. The van der Waals surface area contributed by atoms with Gasteiger partial charge in [-0.15, -0.1) is 0 Å². The van der Waals surface area contributed by atoms with Crippen molar-refractivity contribution in [3.8, 4) is 0 Å². The molecule has 4 nitrogen and oxygen atoms in total. The van der Waals surface area contributed by atoms with E-state index in [1.54, 1.807) is 16.7 Å². The van der Waals surface area contributed by atoms with Crippen LogP contribution in [0.3, 0.4) is 0 Å². The lowest BCUT2D eigenvalue weighted by Crippen LogP contribution is -2.29. The van der Waals surface area contributed by atoms with Crippen molar-refractivity contribution in [2.45, 2.75) is 9.79 Å². The van der Waals surface area contributed by atoms with Gasteiger partial charge in [0, 0.05) is 9.79 Å². The number of amides is 1. The molecule has 2 aromatic carbocycles. The predicted molar refractivity (Wildman–Crippen MR) is 77.6 cm³/mol. The maximum atomic E-state index is 12.3. The summed E-state index contributed by atoms with van der Waals surface area (Å²) in [6.07, 6.45) is -0.473. The van der Waals surface area contributed by atoms with E-state index in [0.29, 0.717) is 0 Å². The molecule has 0 unspecified atom stereocenters. The van der Waals surface area contributed by atoms with E-state index >= 15 is 0 Å². The van der Waals surface area contributed by atoms with Crippen LogP contribution in [0.4, 0.5) is 16.2 Å². The van der Waals surface area contributed by atoms with Gasteiger partial charge in [-0.3, -0.25) is 0 Å². The van der Waals surface area contributed by atoms with Gasteiger partial charge in [-0.05, 0) is 24.3 Å². The molecule has 0 saturated carbocycles. The fourth-order valence-electron chi connectivity index (χ4n) is 2.10. The predicted octanol–water partition coefficient (Wildman–Crippen LogP) is 3.42. The number of nitrogens with zero attached hydrogens (tertiary/aromatic N) is 1. The maximum absolute atomic E-state index is 12.3. The standard InChI is InChI=1S/C15H13NO3S/c17-9-10-19-15(18)16-11-5-1-3-7-13(11)20-14-8-4-2-6-12(14)16/h1-8,17H,9-10H2. The van der Waals surface area contributed by atoms with Gasteiger partial charge in [0.2, 0.25) is 0 Å². The average molecular weight is 287 g/mol. The number of carbonyl (C=O) groups excluding carboxylic acids is 1. The highest BCUT2D eigenvalue weighted by Gasteiger charge is 2.28. The summed E-state index contributed by atoms with van der Waals surface area (Å²) in [7, 11) is 0. The number of aliphatic hydroxyl groups is 1. The summed E-state index contributed by atoms with van der Waals surface area (Å²) in [4.78, 5) is 15.8. The molecule has 1 heterocycles. The Morgan fingerprint density at radius 2 is 1.60 bits per heavy atom. The van der Waals surface area contributed by atoms with Crippen LogP contribution in [0.5, 0.6) is 0 Å². The Labute approximate surface area is 121 Å². The summed E-state index contributed by atoms with van der Waals surface area (Å²) in [5, 5.41) is 8.80. The first-order chi connectivity index (χ1) is 9.81. The van der Waals surface area contributed by atoms with Gasteiger partial charge in [-0.1, -0.05) is 36.0 Å². The van der Waals surface area contributed by atoms with Gasteiger partial charge < -0.3 is 9.84 Å². The number of hydrogen-bond donors (Lipinski definition) is 1.